The summed E-state index contributed by atoms with van der Waals surface area (Å²) in [6, 6.07) is 4.85. The van der Waals surface area contributed by atoms with Crippen molar-refractivity contribution in [1.82, 2.24) is 5.43 Å². The minimum absolute atomic E-state index is 0.157. The smallest absolute Gasteiger partial charge is 0.271 e. The number of nitrogens with one attached hydrogen (secondary N) is 1. The number of halogens is 3. The first kappa shape index (κ1) is 13.7. The van der Waals surface area contributed by atoms with Crippen LogP contribution in [0.3, 0.4) is 0 Å². The van der Waals surface area contributed by atoms with E-state index in [2.05, 4.69) is 12.0 Å². The van der Waals surface area contributed by atoms with Crippen molar-refractivity contribution >= 4 is 0 Å². The van der Waals surface area contributed by atoms with Crippen molar-refractivity contribution in [3.63, 3.8) is 0 Å². The van der Waals surface area contributed by atoms with Crippen LogP contribution in [-0.4, -0.2) is 0 Å². The summed E-state index contributed by atoms with van der Waals surface area (Å²) in [5, 5.41) is 0. The lowest BCUT2D eigenvalue weighted by molar-refractivity contribution is -0.137. The van der Waals surface area contributed by atoms with Crippen LogP contribution in [0.5, 0.6) is 0 Å². The Balaban J connectivity index is 2.81. The molecule has 0 saturated heterocycles. The monoisotopic (exact) mass is 244 g/mol. The normalized spacial score (nSPS) is 13.4. The van der Waals surface area contributed by atoms with E-state index in [4.69, 9.17) is 5.84 Å². The number of allylic oxidation sites excluding steroid dienone is 1. The zero-order valence-electron chi connectivity index (χ0n) is 9.30. The highest BCUT2D eigenvalue weighted by atomic mass is 19.4. The van der Waals surface area contributed by atoms with Crippen LogP contribution in [0.4, 0.5) is 13.2 Å². The van der Waals surface area contributed by atoms with Crippen LogP contribution in [0.1, 0.15) is 30.0 Å². The van der Waals surface area contributed by atoms with Gasteiger partial charge in [-0.2, -0.15) is 13.2 Å². The lowest BCUT2D eigenvalue weighted by Gasteiger charge is -2.16. The van der Waals surface area contributed by atoms with E-state index in [1.54, 1.807) is 6.08 Å². The maximum Gasteiger partial charge on any atom is 0.416 e. The van der Waals surface area contributed by atoms with Gasteiger partial charge in [0.15, 0.2) is 0 Å². The quantitative estimate of drug-likeness (QED) is 0.474. The van der Waals surface area contributed by atoms with Gasteiger partial charge in [-0.15, -0.1) is 6.58 Å². The average Bonchev–Trinajstić information content (AvgIpc) is 2.29. The van der Waals surface area contributed by atoms with E-state index in [-0.39, 0.29) is 6.04 Å². The Morgan fingerprint density at radius 2 is 1.88 bits per heavy atom. The Bertz CT molecular complexity index is 357. The number of hydrazine groups is 1. The Hall–Kier alpha value is -1.33. The van der Waals surface area contributed by atoms with Gasteiger partial charge in [0.2, 0.25) is 0 Å². The topological polar surface area (TPSA) is 38.0 Å². The van der Waals surface area contributed by atoms with Crippen molar-refractivity contribution in [2.45, 2.75) is 25.1 Å². The fourth-order valence-corrected chi connectivity index (χ4v) is 1.54. The van der Waals surface area contributed by atoms with Gasteiger partial charge in [-0.3, -0.25) is 11.3 Å². The van der Waals surface area contributed by atoms with Crippen molar-refractivity contribution in [2.24, 2.45) is 5.84 Å². The summed E-state index contributed by atoms with van der Waals surface area (Å²) in [5.74, 6) is 5.36. The third-order valence-corrected chi connectivity index (χ3v) is 2.50. The molecule has 2 nitrogen and oxygen atoms in total. The second-order valence-electron chi connectivity index (χ2n) is 3.71. The lowest BCUT2D eigenvalue weighted by atomic mass is 10.0. The molecule has 1 atom stereocenters. The predicted molar refractivity (Wildman–Crippen MR) is 60.9 cm³/mol. The molecule has 0 heterocycles. The summed E-state index contributed by atoms with van der Waals surface area (Å²) in [4.78, 5) is 0. The summed E-state index contributed by atoms with van der Waals surface area (Å²) >= 11 is 0. The van der Waals surface area contributed by atoms with E-state index < -0.39 is 11.7 Å². The summed E-state index contributed by atoms with van der Waals surface area (Å²) < 4.78 is 37.1. The Labute approximate surface area is 98.3 Å². The van der Waals surface area contributed by atoms with Gasteiger partial charge in [-0.25, -0.2) is 0 Å². The number of hydrogen-bond acceptors (Lipinski definition) is 2. The third kappa shape index (κ3) is 3.87. The molecule has 0 amide bonds. The fraction of sp³-hybridized carbons (Fsp3) is 0.333. The molecule has 0 aliphatic heterocycles. The molecule has 1 unspecified atom stereocenters. The molecule has 0 aromatic heterocycles. The van der Waals surface area contributed by atoms with Gasteiger partial charge >= 0.3 is 6.18 Å². The molecule has 0 aliphatic rings. The van der Waals surface area contributed by atoms with E-state index in [0.717, 1.165) is 24.1 Å². The van der Waals surface area contributed by atoms with Gasteiger partial charge in [0.25, 0.3) is 0 Å². The van der Waals surface area contributed by atoms with E-state index in [9.17, 15) is 13.2 Å². The predicted octanol–water partition coefficient (Wildman–Crippen LogP) is 3.18. The summed E-state index contributed by atoms with van der Waals surface area (Å²) in [7, 11) is 0. The van der Waals surface area contributed by atoms with Crippen molar-refractivity contribution in [3.05, 3.63) is 48.0 Å². The molecule has 17 heavy (non-hydrogen) atoms. The second kappa shape index (κ2) is 5.84. The van der Waals surface area contributed by atoms with Gasteiger partial charge in [0, 0.05) is 6.04 Å². The highest BCUT2D eigenvalue weighted by Gasteiger charge is 2.30. The Morgan fingerprint density at radius 3 is 2.29 bits per heavy atom. The molecule has 0 aliphatic carbocycles. The molecule has 0 saturated carbocycles. The van der Waals surface area contributed by atoms with E-state index in [1.165, 1.54) is 12.1 Å². The van der Waals surface area contributed by atoms with Crippen molar-refractivity contribution in [1.29, 1.82) is 0 Å². The molecular weight excluding hydrogens is 229 g/mol. The highest BCUT2D eigenvalue weighted by molar-refractivity contribution is 5.26. The van der Waals surface area contributed by atoms with Crippen LogP contribution in [0.15, 0.2) is 36.9 Å². The Morgan fingerprint density at radius 1 is 1.29 bits per heavy atom. The lowest BCUT2D eigenvalue weighted by Crippen LogP contribution is -2.27. The summed E-state index contributed by atoms with van der Waals surface area (Å²) in [6.45, 7) is 3.59. The number of hydrogen-bond donors (Lipinski definition) is 2. The van der Waals surface area contributed by atoms with E-state index >= 15 is 0 Å². The molecule has 1 aromatic rings. The molecule has 0 fully saturated rings. The average molecular weight is 244 g/mol. The minimum Gasteiger partial charge on any atom is -0.271 e. The zero-order valence-corrected chi connectivity index (χ0v) is 9.30. The molecule has 1 aromatic carbocycles. The number of alkyl halides is 3. The van der Waals surface area contributed by atoms with E-state index in [1.807, 2.05) is 0 Å². The third-order valence-electron chi connectivity index (χ3n) is 2.50. The highest BCUT2D eigenvalue weighted by Crippen LogP contribution is 2.30. The number of rotatable bonds is 5. The maximum atomic E-state index is 12.4. The maximum absolute atomic E-state index is 12.4. The summed E-state index contributed by atoms with van der Waals surface area (Å²) in [5.41, 5.74) is 2.67. The van der Waals surface area contributed by atoms with Gasteiger partial charge in [0.05, 0.1) is 5.56 Å². The second-order valence-corrected chi connectivity index (χ2v) is 3.71. The van der Waals surface area contributed by atoms with Gasteiger partial charge in [-0.1, -0.05) is 18.2 Å². The Kier molecular flexibility index (Phi) is 4.72. The SMILES string of the molecule is C=CCCC(NN)c1ccc(C(F)(F)F)cc1. The molecule has 0 spiro atoms. The molecule has 0 radical (unpaired) electrons. The van der Waals surface area contributed by atoms with Crippen LogP contribution < -0.4 is 11.3 Å². The van der Waals surface area contributed by atoms with E-state index in [0.29, 0.717) is 6.42 Å². The minimum atomic E-state index is -4.30. The van der Waals surface area contributed by atoms with Crippen LogP contribution in [0, 0.1) is 0 Å². The molecule has 94 valence electrons. The molecule has 1 rings (SSSR count). The standard InChI is InChI=1S/C12H15F3N2/c1-2-3-4-11(17-16)9-5-7-10(8-6-9)12(13,14)15/h2,5-8,11,17H,1,3-4,16H2. The van der Waals surface area contributed by atoms with Crippen LogP contribution in [-0.2, 0) is 6.18 Å². The molecular formula is C12H15F3N2. The number of benzene rings is 1. The van der Waals surface area contributed by atoms with Crippen molar-refractivity contribution in [3.8, 4) is 0 Å². The molecule has 5 heteroatoms. The van der Waals surface area contributed by atoms with Crippen molar-refractivity contribution in [2.75, 3.05) is 0 Å². The van der Waals surface area contributed by atoms with Crippen LogP contribution in [0.2, 0.25) is 0 Å². The van der Waals surface area contributed by atoms with Gasteiger partial charge in [-0.05, 0) is 30.5 Å². The van der Waals surface area contributed by atoms with Gasteiger partial charge in [0.1, 0.15) is 0 Å². The van der Waals surface area contributed by atoms with Gasteiger partial charge < -0.3 is 0 Å². The first-order valence-corrected chi connectivity index (χ1v) is 5.23. The molecule has 0 bridgehead atoms. The summed E-state index contributed by atoms with van der Waals surface area (Å²) in [6.07, 6.45) is -1.11. The first-order valence-electron chi connectivity index (χ1n) is 5.23. The fourth-order valence-electron chi connectivity index (χ4n) is 1.54. The van der Waals surface area contributed by atoms with Crippen LogP contribution in [0.25, 0.3) is 0 Å². The molecule has 3 N–H and O–H groups in total. The zero-order chi connectivity index (χ0) is 12.9. The largest absolute Gasteiger partial charge is 0.416 e. The van der Waals surface area contributed by atoms with Crippen LogP contribution >= 0.6 is 0 Å². The number of nitrogens with two attached hydrogens (primary N) is 1. The first-order chi connectivity index (χ1) is 7.99. The van der Waals surface area contributed by atoms with Crippen molar-refractivity contribution < 1.29 is 13.2 Å².